The van der Waals surface area contributed by atoms with Crippen molar-refractivity contribution in [3.8, 4) is 0 Å². The highest BCUT2D eigenvalue weighted by Gasteiger charge is 2.40. The zero-order valence-electron chi connectivity index (χ0n) is 11.4. The first kappa shape index (κ1) is 13.6. The summed E-state index contributed by atoms with van der Waals surface area (Å²) in [5.41, 5.74) is 3.53. The summed E-state index contributed by atoms with van der Waals surface area (Å²) in [6, 6.07) is 13.0. The summed E-state index contributed by atoms with van der Waals surface area (Å²) < 4.78 is 13.5. The van der Waals surface area contributed by atoms with E-state index in [0.717, 1.165) is 25.1 Å². The predicted molar refractivity (Wildman–Crippen MR) is 80.8 cm³/mol. The molecule has 1 saturated heterocycles. The van der Waals surface area contributed by atoms with Crippen LogP contribution in [-0.4, -0.2) is 13.1 Å². The molecule has 1 fully saturated rings. The van der Waals surface area contributed by atoms with Crippen LogP contribution < -0.4 is 5.32 Å². The van der Waals surface area contributed by atoms with E-state index in [4.69, 9.17) is 11.6 Å². The fourth-order valence-electron chi connectivity index (χ4n) is 3.05. The second-order valence-corrected chi connectivity index (χ2v) is 6.02. The molecule has 0 bridgehead atoms. The van der Waals surface area contributed by atoms with Crippen LogP contribution in [0.15, 0.2) is 42.5 Å². The van der Waals surface area contributed by atoms with Gasteiger partial charge >= 0.3 is 0 Å². The molecule has 0 amide bonds. The summed E-state index contributed by atoms with van der Waals surface area (Å²) in [6.45, 7) is 3.94. The fraction of sp³-hybridized carbons (Fsp3) is 0.294. The normalized spacial score (nSPS) is 16.8. The van der Waals surface area contributed by atoms with Crippen molar-refractivity contribution in [3.63, 3.8) is 0 Å². The van der Waals surface area contributed by atoms with Crippen molar-refractivity contribution in [1.29, 1.82) is 0 Å². The number of halogens is 2. The van der Waals surface area contributed by atoms with E-state index in [0.29, 0.717) is 5.02 Å². The van der Waals surface area contributed by atoms with Crippen LogP contribution in [0, 0.1) is 12.7 Å². The molecular weight excluding hydrogens is 273 g/mol. The molecule has 0 aliphatic carbocycles. The van der Waals surface area contributed by atoms with E-state index in [1.807, 2.05) is 6.07 Å². The Morgan fingerprint density at radius 2 is 1.95 bits per heavy atom. The molecule has 1 nitrogen and oxygen atoms in total. The first-order valence-corrected chi connectivity index (χ1v) is 7.19. The Morgan fingerprint density at radius 1 is 1.20 bits per heavy atom. The van der Waals surface area contributed by atoms with Crippen LogP contribution in [0.3, 0.4) is 0 Å². The molecule has 20 heavy (non-hydrogen) atoms. The van der Waals surface area contributed by atoms with Gasteiger partial charge in [0.25, 0.3) is 0 Å². The molecule has 0 aromatic heterocycles. The third-order valence-corrected chi connectivity index (χ3v) is 4.55. The van der Waals surface area contributed by atoms with Crippen LogP contribution >= 0.6 is 11.6 Å². The van der Waals surface area contributed by atoms with E-state index < -0.39 is 0 Å². The van der Waals surface area contributed by atoms with Gasteiger partial charge in [0.1, 0.15) is 5.82 Å². The SMILES string of the molecule is Cc1ccccc1C1(Cc2cc(F)ccc2Cl)CNC1. The minimum Gasteiger partial charge on any atom is -0.315 e. The van der Waals surface area contributed by atoms with Gasteiger partial charge < -0.3 is 5.32 Å². The monoisotopic (exact) mass is 289 g/mol. The quantitative estimate of drug-likeness (QED) is 0.904. The van der Waals surface area contributed by atoms with Gasteiger partial charge in [-0.05, 0) is 48.2 Å². The van der Waals surface area contributed by atoms with Crippen molar-refractivity contribution in [2.24, 2.45) is 0 Å². The van der Waals surface area contributed by atoms with E-state index in [2.05, 4.69) is 30.4 Å². The molecule has 0 spiro atoms. The average Bonchev–Trinajstić information content (AvgIpc) is 2.39. The van der Waals surface area contributed by atoms with E-state index in [1.165, 1.54) is 17.2 Å². The zero-order chi connectivity index (χ0) is 14.2. The van der Waals surface area contributed by atoms with Crippen molar-refractivity contribution in [1.82, 2.24) is 5.32 Å². The Balaban J connectivity index is 1.98. The molecule has 3 rings (SSSR count). The molecule has 0 saturated carbocycles. The Morgan fingerprint density at radius 3 is 2.60 bits per heavy atom. The van der Waals surface area contributed by atoms with Gasteiger partial charge in [-0.15, -0.1) is 0 Å². The molecule has 0 atom stereocenters. The average molecular weight is 290 g/mol. The van der Waals surface area contributed by atoms with Crippen LogP contribution in [0.25, 0.3) is 0 Å². The van der Waals surface area contributed by atoms with Crippen LogP contribution in [0.5, 0.6) is 0 Å². The Kier molecular flexibility index (Phi) is 3.53. The van der Waals surface area contributed by atoms with Crippen LogP contribution in [0.1, 0.15) is 16.7 Å². The number of hydrogen-bond acceptors (Lipinski definition) is 1. The van der Waals surface area contributed by atoms with Gasteiger partial charge in [-0.2, -0.15) is 0 Å². The smallest absolute Gasteiger partial charge is 0.123 e. The fourth-order valence-corrected chi connectivity index (χ4v) is 3.23. The minimum absolute atomic E-state index is 0.0305. The number of rotatable bonds is 3. The van der Waals surface area contributed by atoms with Crippen LogP contribution in [0.4, 0.5) is 4.39 Å². The molecule has 2 aromatic rings. The molecule has 3 heteroatoms. The highest BCUT2D eigenvalue weighted by Crippen LogP contribution is 2.36. The zero-order valence-corrected chi connectivity index (χ0v) is 12.2. The van der Waals surface area contributed by atoms with Crippen LogP contribution in [-0.2, 0) is 11.8 Å². The number of aryl methyl sites for hydroxylation is 1. The largest absolute Gasteiger partial charge is 0.315 e. The summed E-state index contributed by atoms with van der Waals surface area (Å²) in [6.07, 6.45) is 0.765. The lowest BCUT2D eigenvalue weighted by Crippen LogP contribution is -2.58. The van der Waals surface area contributed by atoms with Crippen molar-refractivity contribution >= 4 is 11.6 Å². The summed E-state index contributed by atoms with van der Waals surface area (Å²) in [5, 5.41) is 3.99. The van der Waals surface area contributed by atoms with E-state index in [1.54, 1.807) is 12.1 Å². The highest BCUT2D eigenvalue weighted by atomic mass is 35.5. The molecule has 2 aromatic carbocycles. The van der Waals surface area contributed by atoms with Crippen molar-refractivity contribution < 1.29 is 4.39 Å². The second kappa shape index (κ2) is 5.19. The Bertz CT molecular complexity index is 635. The van der Waals surface area contributed by atoms with Crippen molar-refractivity contribution in [3.05, 3.63) is 70.0 Å². The van der Waals surface area contributed by atoms with Gasteiger partial charge in [-0.3, -0.25) is 0 Å². The molecule has 1 aliphatic heterocycles. The lowest BCUT2D eigenvalue weighted by Gasteiger charge is -2.44. The van der Waals surface area contributed by atoms with E-state index in [9.17, 15) is 4.39 Å². The number of nitrogens with one attached hydrogen (secondary N) is 1. The minimum atomic E-state index is -0.225. The van der Waals surface area contributed by atoms with Gasteiger partial charge in [0.15, 0.2) is 0 Å². The summed E-state index contributed by atoms with van der Waals surface area (Å²) in [7, 11) is 0. The molecule has 1 N–H and O–H groups in total. The molecule has 0 radical (unpaired) electrons. The summed E-state index contributed by atoms with van der Waals surface area (Å²) >= 11 is 6.22. The first-order chi connectivity index (χ1) is 9.61. The topological polar surface area (TPSA) is 12.0 Å². The van der Waals surface area contributed by atoms with Gasteiger partial charge in [-0.1, -0.05) is 35.9 Å². The highest BCUT2D eigenvalue weighted by molar-refractivity contribution is 6.31. The Hall–Kier alpha value is -1.38. The van der Waals surface area contributed by atoms with Gasteiger partial charge in [0, 0.05) is 23.5 Å². The standard InChI is InChI=1S/C17H17ClFN/c1-12-4-2-3-5-15(12)17(10-20-11-17)9-13-8-14(19)6-7-16(13)18/h2-8,20H,9-11H2,1H3. The van der Waals surface area contributed by atoms with E-state index in [-0.39, 0.29) is 11.2 Å². The summed E-state index contributed by atoms with van der Waals surface area (Å²) in [4.78, 5) is 0. The maximum absolute atomic E-state index is 13.5. The van der Waals surface area contributed by atoms with Crippen LogP contribution in [0.2, 0.25) is 5.02 Å². The van der Waals surface area contributed by atoms with Gasteiger partial charge in [0.05, 0.1) is 0 Å². The van der Waals surface area contributed by atoms with E-state index >= 15 is 0 Å². The molecule has 104 valence electrons. The predicted octanol–water partition coefficient (Wildman–Crippen LogP) is 3.87. The third-order valence-electron chi connectivity index (χ3n) is 4.18. The van der Waals surface area contributed by atoms with Crippen molar-refractivity contribution in [2.45, 2.75) is 18.8 Å². The maximum atomic E-state index is 13.5. The summed E-state index contributed by atoms with van der Waals surface area (Å²) in [5.74, 6) is -0.225. The first-order valence-electron chi connectivity index (χ1n) is 6.81. The number of hydrogen-bond donors (Lipinski definition) is 1. The maximum Gasteiger partial charge on any atom is 0.123 e. The van der Waals surface area contributed by atoms with Crippen molar-refractivity contribution in [2.75, 3.05) is 13.1 Å². The molecule has 0 unspecified atom stereocenters. The second-order valence-electron chi connectivity index (χ2n) is 5.61. The number of benzene rings is 2. The third kappa shape index (κ3) is 2.34. The molecule has 1 heterocycles. The lowest BCUT2D eigenvalue weighted by molar-refractivity contribution is 0.273. The Labute approximate surface area is 123 Å². The van der Waals surface area contributed by atoms with Gasteiger partial charge in [-0.25, -0.2) is 4.39 Å². The van der Waals surface area contributed by atoms with Gasteiger partial charge in [0.2, 0.25) is 0 Å². The molecule has 1 aliphatic rings. The lowest BCUT2D eigenvalue weighted by atomic mass is 9.69. The molecular formula is C17H17ClFN.